The van der Waals surface area contributed by atoms with Gasteiger partial charge in [-0.15, -0.1) is 0 Å². The first-order chi connectivity index (χ1) is 12.7. The zero-order valence-electron chi connectivity index (χ0n) is 15.0. The molecule has 8 heteroatoms. The minimum Gasteiger partial charge on any atom is -0.487 e. The van der Waals surface area contributed by atoms with E-state index in [9.17, 15) is 18.0 Å². The number of hydrogen-bond donors (Lipinski definition) is 1. The van der Waals surface area contributed by atoms with E-state index in [0.29, 0.717) is 5.02 Å². The van der Waals surface area contributed by atoms with Crippen LogP contribution in [-0.4, -0.2) is 13.2 Å². The van der Waals surface area contributed by atoms with E-state index in [1.54, 1.807) is 12.1 Å². The van der Waals surface area contributed by atoms with Gasteiger partial charge in [0.25, 0.3) is 0 Å². The fourth-order valence-electron chi connectivity index (χ4n) is 2.62. The Morgan fingerprint density at radius 1 is 1.26 bits per heavy atom. The van der Waals surface area contributed by atoms with Gasteiger partial charge < -0.3 is 9.47 Å². The fraction of sp³-hybridized carbons (Fsp3) is 0.316. The summed E-state index contributed by atoms with van der Waals surface area (Å²) in [5, 5.41) is 2.59. The minimum atomic E-state index is -4.61. The number of ether oxygens (including phenoxy) is 2. The number of amides is 1. The molecule has 0 radical (unpaired) electrons. The highest BCUT2D eigenvalue weighted by Gasteiger charge is 2.34. The predicted octanol–water partition coefficient (Wildman–Crippen LogP) is 5.99. The minimum absolute atomic E-state index is 0.0466. The van der Waals surface area contributed by atoms with Gasteiger partial charge in [-0.25, -0.2) is 4.79 Å². The number of aryl methyl sites for hydroxylation is 2. The number of anilines is 1. The molecule has 1 N–H and O–H groups in total. The molecule has 0 aromatic heterocycles. The average Bonchev–Trinajstić information content (AvgIpc) is 2.61. The van der Waals surface area contributed by atoms with Crippen molar-refractivity contribution in [2.75, 3.05) is 12.4 Å². The first-order valence-corrected chi connectivity index (χ1v) is 8.51. The molecule has 0 spiro atoms. The lowest BCUT2D eigenvalue weighted by molar-refractivity contribution is -0.138. The quantitative estimate of drug-likeness (QED) is 0.669. The van der Waals surface area contributed by atoms with Crippen LogP contribution in [0.3, 0.4) is 0 Å². The molecular formula is C19H19ClF3NO3. The Morgan fingerprint density at radius 3 is 2.56 bits per heavy atom. The summed E-state index contributed by atoms with van der Waals surface area (Å²) < 4.78 is 50.2. The molecule has 2 aromatic rings. The molecule has 0 fully saturated rings. The summed E-state index contributed by atoms with van der Waals surface area (Å²) in [4.78, 5) is 11.5. The molecule has 0 aliphatic rings. The Bertz CT molecular complexity index is 838. The third-order valence-electron chi connectivity index (χ3n) is 4.05. The zero-order valence-corrected chi connectivity index (χ0v) is 15.8. The highest BCUT2D eigenvalue weighted by atomic mass is 35.5. The van der Waals surface area contributed by atoms with E-state index in [1.807, 2.05) is 13.8 Å². The first-order valence-electron chi connectivity index (χ1n) is 8.13. The maximum absolute atomic E-state index is 13.4. The van der Waals surface area contributed by atoms with Crippen LogP contribution in [0.25, 0.3) is 0 Å². The second kappa shape index (κ2) is 8.52. The van der Waals surface area contributed by atoms with Gasteiger partial charge in [0.05, 0.1) is 23.4 Å². The Labute approximate surface area is 160 Å². The number of methoxy groups -OCH3 is 1. The van der Waals surface area contributed by atoms with Crippen LogP contribution in [0.1, 0.15) is 29.2 Å². The van der Waals surface area contributed by atoms with Gasteiger partial charge in [-0.05, 0) is 48.7 Å². The average molecular weight is 402 g/mol. The van der Waals surface area contributed by atoms with Crippen molar-refractivity contribution < 1.29 is 27.4 Å². The third kappa shape index (κ3) is 5.07. The summed E-state index contributed by atoms with van der Waals surface area (Å²) in [6, 6.07) is 6.89. The summed E-state index contributed by atoms with van der Waals surface area (Å²) >= 11 is 6.19. The number of halogens is 4. The number of carbonyl (C=O) groups excluding carboxylic acids is 1. The summed E-state index contributed by atoms with van der Waals surface area (Å²) in [5.74, 6) is 0.271. The van der Waals surface area contributed by atoms with Gasteiger partial charge in [-0.1, -0.05) is 24.6 Å². The van der Waals surface area contributed by atoms with Crippen LogP contribution in [-0.2, 0) is 23.9 Å². The lowest BCUT2D eigenvalue weighted by Crippen LogP contribution is -2.17. The van der Waals surface area contributed by atoms with E-state index >= 15 is 0 Å². The van der Waals surface area contributed by atoms with Gasteiger partial charge >= 0.3 is 12.3 Å². The molecule has 0 saturated carbocycles. The molecule has 27 heavy (non-hydrogen) atoms. The number of alkyl halides is 3. The molecular weight excluding hydrogens is 383 g/mol. The van der Waals surface area contributed by atoms with Gasteiger partial charge in [0.2, 0.25) is 0 Å². The van der Waals surface area contributed by atoms with Crippen molar-refractivity contribution in [2.45, 2.75) is 33.1 Å². The van der Waals surface area contributed by atoms with Crippen molar-refractivity contribution in [3.05, 3.63) is 57.6 Å². The Balaban J connectivity index is 2.39. The van der Waals surface area contributed by atoms with E-state index in [1.165, 1.54) is 12.1 Å². The fourth-order valence-corrected chi connectivity index (χ4v) is 2.86. The molecule has 0 heterocycles. The van der Waals surface area contributed by atoms with Gasteiger partial charge in [0, 0.05) is 5.56 Å². The number of benzene rings is 2. The van der Waals surface area contributed by atoms with Crippen LogP contribution >= 0.6 is 11.6 Å². The van der Waals surface area contributed by atoms with E-state index in [-0.39, 0.29) is 17.0 Å². The van der Waals surface area contributed by atoms with E-state index in [4.69, 9.17) is 16.3 Å². The van der Waals surface area contributed by atoms with Crippen molar-refractivity contribution in [3.63, 3.8) is 0 Å². The molecule has 146 valence electrons. The highest BCUT2D eigenvalue weighted by Crippen LogP contribution is 2.37. The van der Waals surface area contributed by atoms with Gasteiger partial charge in [-0.2, -0.15) is 13.2 Å². The second-order valence-corrected chi connectivity index (χ2v) is 6.20. The Morgan fingerprint density at radius 2 is 1.96 bits per heavy atom. The molecule has 2 aromatic carbocycles. The van der Waals surface area contributed by atoms with Crippen LogP contribution in [0.4, 0.5) is 23.7 Å². The van der Waals surface area contributed by atoms with Crippen molar-refractivity contribution >= 4 is 23.4 Å². The molecule has 2 rings (SSSR count). The number of nitrogens with one attached hydrogen (secondary N) is 1. The van der Waals surface area contributed by atoms with Crippen molar-refractivity contribution in [2.24, 2.45) is 0 Å². The van der Waals surface area contributed by atoms with Crippen molar-refractivity contribution in [1.82, 2.24) is 0 Å². The molecule has 4 nitrogen and oxygen atoms in total. The molecule has 0 unspecified atom stereocenters. The van der Waals surface area contributed by atoms with Crippen LogP contribution < -0.4 is 10.1 Å². The number of hydrogen-bond acceptors (Lipinski definition) is 3. The number of carbonyl (C=O) groups is 1. The number of rotatable bonds is 5. The zero-order chi connectivity index (χ0) is 20.2. The van der Waals surface area contributed by atoms with Crippen LogP contribution in [0.5, 0.6) is 5.75 Å². The molecule has 0 aliphatic carbocycles. The predicted molar refractivity (Wildman–Crippen MR) is 97.4 cm³/mol. The standard InChI is InChI=1S/C19H19ClF3NO3/c1-4-12-9-15(20)17(8-11(12)2)27-10-13-14(19(21,22)23)6-5-7-16(13)24-18(25)26-3/h5-9H,4,10H2,1-3H3,(H,24,25). The van der Waals surface area contributed by atoms with Crippen LogP contribution in [0, 0.1) is 6.92 Å². The van der Waals surface area contributed by atoms with Crippen LogP contribution in [0.2, 0.25) is 5.02 Å². The monoisotopic (exact) mass is 401 g/mol. The van der Waals surface area contributed by atoms with Gasteiger partial charge in [0.1, 0.15) is 12.4 Å². The van der Waals surface area contributed by atoms with Gasteiger partial charge in [0.15, 0.2) is 0 Å². The topological polar surface area (TPSA) is 47.6 Å². The molecule has 0 atom stereocenters. The van der Waals surface area contributed by atoms with Crippen molar-refractivity contribution in [1.29, 1.82) is 0 Å². The maximum atomic E-state index is 13.4. The maximum Gasteiger partial charge on any atom is 0.416 e. The summed E-state index contributed by atoms with van der Waals surface area (Å²) in [5.41, 5.74) is 0.776. The smallest absolute Gasteiger partial charge is 0.416 e. The van der Waals surface area contributed by atoms with E-state index in [2.05, 4.69) is 10.1 Å². The van der Waals surface area contributed by atoms with E-state index < -0.39 is 24.4 Å². The first kappa shape index (κ1) is 20.9. The summed E-state index contributed by atoms with van der Waals surface area (Å²) in [7, 11) is 1.12. The SMILES string of the molecule is CCc1cc(Cl)c(OCc2c(NC(=O)OC)cccc2C(F)(F)F)cc1C. The third-order valence-corrected chi connectivity index (χ3v) is 4.34. The van der Waals surface area contributed by atoms with Crippen molar-refractivity contribution in [3.8, 4) is 5.75 Å². The Kier molecular flexibility index (Phi) is 6.59. The largest absolute Gasteiger partial charge is 0.487 e. The summed E-state index contributed by atoms with van der Waals surface area (Å²) in [6.07, 6.45) is -4.72. The normalized spacial score (nSPS) is 11.2. The van der Waals surface area contributed by atoms with E-state index in [0.717, 1.165) is 30.7 Å². The second-order valence-electron chi connectivity index (χ2n) is 5.80. The highest BCUT2D eigenvalue weighted by molar-refractivity contribution is 6.32. The molecule has 0 saturated heterocycles. The van der Waals surface area contributed by atoms with Gasteiger partial charge in [-0.3, -0.25) is 5.32 Å². The Hall–Kier alpha value is -2.41. The molecule has 1 amide bonds. The lowest BCUT2D eigenvalue weighted by atomic mass is 10.0. The lowest BCUT2D eigenvalue weighted by Gasteiger charge is -2.18. The molecule has 0 bridgehead atoms. The van der Waals surface area contributed by atoms with Crippen LogP contribution in [0.15, 0.2) is 30.3 Å². The summed E-state index contributed by atoms with van der Waals surface area (Å²) in [6.45, 7) is 3.42. The molecule has 0 aliphatic heterocycles.